The Morgan fingerprint density at radius 3 is 2.30 bits per heavy atom. The van der Waals surface area contributed by atoms with Crippen LogP contribution in [0.25, 0.3) is 0 Å². The van der Waals surface area contributed by atoms with Gasteiger partial charge >= 0.3 is 6.09 Å². The number of carbonyl (C=O) groups is 2. The number of anilines is 1. The lowest BCUT2D eigenvalue weighted by atomic mass is 9.94. The summed E-state index contributed by atoms with van der Waals surface area (Å²) in [6.45, 7) is 0. The number of phenolic OH excluding ortho intramolecular Hbond substituents is 1. The van der Waals surface area contributed by atoms with Crippen LogP contribution in [-0.4, -0.2) is 23.1 Å². The molecule has 1 N–H and O–H groups in total. The fraction of sp³-hybridized carbons (Fsp3) is 0.167. The summed E-state index contributed by atoms with van der Waals surface area (Å²) in [7, 11) is 0. The van der Waals surface area contributed by atoms with Gasteiger partial charge in [-0.15, -0.1) is 0 Å². The van der Waals surface area contributed by atoms with Crippen molar-refractivity contribution in [3.63, 3.8) is 0 Å². The molecule has 0 aliphatic carbocycles. The van der Waals surface area contributed by atoms with Crippen LogP contribution in [0.4, 0.5) is 14.9 Å². The number of carbonyl (C=O) groups excluding carboxylic acids is 2. The Bertz CT molecular complexity index is 1040. The molecular formula is C24H20FNO4. The molecule has 0 radical (unpaired) electrons. The second-order valence-corrected chi connectivity index (χ2v) is 7.14. The predicted molar refractivity (Wildman–Crippen MR) is 110 cm³/mol. The van der Waals surface area contributed by atoms with Crippen molar-refractivity contribution in [2.24, 2.45) is 0 Å². The zero-order chi connectivity index (χ0) is 21.1. The number of nitrogens with zero attached hydrogens (tertiary/aromatic N) is 1. The molecule has 1 aliphatic rings. The van der Waals surface area contributed by atoms with E-state index in [1.165, 1.54) is 41.3 Å². The van der Waals surface area contributed by atoms with Crippen LogP contribution >= 0.6 is 0 Å². The van der Waals surface area contributed by atoms with Crippen LogP contribution < -0.4 is 4.90 Å². The van der Waals surface area contributed by atoms with Crippen LogP contribution in [-0.2, 0) is 16.0 Å². The molecule has 1 unspecified atom stereocenters. The van der Waals surface area contributed by atoms with Crippen LogP contribution in [0.1, 0.15) is 23.6 Å². The fourth-order valence-corrected chi connectivity index (χ4v) is 3.64. The lowest BCUT2D eigenvalue weighted by molar-refractivity contribution is -0.126. The highest BCUT2D eigenvalue weighted by Crippen LogP contribution is 2.38. The van der Waals surface area contributed by atoms with E-state index >= 15 is 0 Å². The molecule has 5 nitrogen and oxygen atoms in total. The molecule has 1 saturated heterocycles. The molecule has 152 valence electrons. The Morgan fingerprint density at radius 1 is 0.967 bits per heavy atom. The second kappa shape index (κ2) is 8.37. The molecule has 0 saturated carbocycles. The summed E-state index contributed by atoms with van der Waals surface area (Å²) in [5, 5.41) is 9.63. The first kappa shape index (κ1) is 19.6. The topological polar surface area (TPSA) is 66.8 Å². The van der Waals surface area contributed by atoms with E-state index in [9.17, 15) is 19.1 Å². The Morgan fingerprint density at radius 2 is 1.63 bits per heavy atom. The number of halogens is 1. The van der Waals surface area contributed by atoms with Crippen molar-refractivity contribution in [2.75, 3.05) is 4.90 Å². The first-order chi connectivity index (χ1) is 14.5. The average Bonchev–Trinajstić information content (AvgIpc) is 3.11. The molecule has 2 atom stereocenters. The Labute approximate surface area is 173 Å². The SMILES string of the molecule is O=C(CCc1ccccc1)C1OC(=O)N(c2ccc(F)cc2)[C@@H]1c1ccc(O)cc1. The Balaban J connectivity index is 1.64. The van der Waals surface area contributed by atoms with Crippen molar-refractivity contribution >= 4 is 17.6 Å². The van der Waals surface area contributed by atoms with Gasteiger partial charge in [-0.25, -0.2) is 9.18 Å². The molecule has 3 aromatic carbocycles. The number of ether oxygens (including phenoxy) is 1. The number of hydrogen-bond donors (Lipinski definition) is 1. The number of rotatable bonds is 6. The normalized spacial score (nSPS) is 18.3. The van der Waals surface area contributed by atoms with Crippen molar-refractivity contribution in [3.05, 3.63) is 95.8 Å². The van der Waals surface area contributed by atoms with Gasteiger partial charge in [0.2, 0.25) is 0 Å². The highest BCUT2D eigenvalue weighted by atomic mass is 19.1. The third-order valence-corrected chi connectivity index (χ3v) is 5.15. The number of hydrogen-bond acceptors (Lipinski definition) is 4. The fourth-order valence-electron chi connectivity index (χ4n) is 3.64. The van der Waals surface area contributed by atoms with Gasteiger partial charge in [-0.1, -0.05) is 42.5 Å². The third kappa shape index (κ3) is 4.03. The molecule has 1 aliphatic heterocycles. The van der Waals surface area contributed by atoms with Crippen LogP contribution in [0.5, 0.6) is 5.75 Å². The summed E-state index contributed by atoms with van der Waals surface area (Å²) in [4.78, 5) is 27.1. The molecular weight excluding hydrogens is 385 g/mol. The summed E-state index contributed by atoms with van der Waals surface area (Å²) < 4.78 is 18.9. The van der Waals surface area contributed by atoms with E-state index in [1.54, 1.807) is 12.1 Å². The van der Waals surface area contributed by atoms with Gasteiger partial charge in [-0.3, -0.25) is 9.69 Å². The minimum absolute atomic E-state index is 0.0734. The van der Waals surface area contributed by atoms with Crippen molar-refractivity contribution in [3.8, 4) is 5.75 Å². The molecule has 0 aromatic heterocycles. The molecule has 1 fully saturated rings. The number of Topliss-reactive ketones (excluding diaryl/α,β-unsaturated/α-hetero) is 1. The largest absolute Gasteiger partial charge is 0.508 e. The van der Waals surface area contributed by atoms with Crippen molar-refractivity contribution in [1.29, 1.82) is 0 Å². The highest BCUT2D eigenvalue weighted by molar-refractivity contribution is 5.97. The summed E-state index contributed by atoms with van der Waals surface area (Å²) in [5.41, 5.74) is 2.09. The van der Waals surface area contributed by atoms with E-state index in [0.717, 1.165) is 5.56 Å². The minimum Gasteiger partial charge on any atom is -0.508 e. The number of benzene rings is 3. The van der Waals surface area contributed by atoms with E-state index in [1.807, 2.05) is 30.3 Å². The van der Waals surface area contributed by atoms with Crippen molar-refractivity contribution in [2.45, 2.75) is 25.0 Å². The van der Waals surface area contributed by atoms with E-state index in [-0.39, 0.29) is 18.0 Å². The average molecular weight is 405 g/mol. The number of aryl methyl sites for hydroxylation is 1. The maximum atomic E-state index is 13.4. The highest BCUT2D eigenvalue weighted by Gasteiger charge is 2.46. The summed E-state index contributed by atoms with van der Waals surface area (Å²) >= 11 is 0. The zero-order valence-corrected chi connectivity index (χ0v) is 16.1. The molecule has 0 spiro atoms. The number of amides is 1. The van der Waals surface area contributed by atoms with Gasteiger partial charge in [0, 0.05) is 12.1 Å². The smallest absolute Gasteiger partial charge is 0.415 e. The maximum Gasteiger partial charge on any atom is 0.415 e. The number of aromatic hydroxyl groups is 1. The van der Waals surface area contributed by atoms with Crippen molar-refractivity contribution < 1.29 is 23.8 Å². The second-order valence-electron chi connectivity index (χ2n) is 7.14. The standard InChI is InChI=1S/C24H20FNO4/c25-18-9-11-19(12-10-18)26-22(17-7-13-20(27)14-8-17)23(30-24(26)29)21(28)15-6-16-4-2-1-3-5-16/h1-5,7-14,22-23,27H,6,15H2/t22-,23?/m1/s1. The lowest BCUT2D eigenvalue weighted by Crippen LogP contribution is -2.33. The first-order valence-corrected chi connectivity index (χ1v) is 9.64. The summed E-state index contributed by atoms with van der Waals surface area (Å²) in [6, 6.07) is 20.6. The quantitative estimate of drug-likeness (QED) is 0.640. The number of cyclic esters (lactones) is 1. The molecule has 1 heterocycles. The van der Waals surface area contributed by atoms with E-state index in [2.05, 4.69) is 0 Å². The molecule has 30 heavy (non-hydrogen) atoms. The molecule has 3 aromatic rings. The van der Waals surface area contributed by atoms with Gasteiger partial charge in [0.25, 0.3) is 0 Å². The molecule has 1 amide bonds. The third-order valence-electron chi connectivity index (χ3n) is 5.15. The predicted octanol–water partition coefficient (Wildman–Crippen LogP) is 4.80. The minimum atomic E-state index is -1.00. The maximum absolute atomic E-state index is 13.4. The van der Waals surface area contributed by atoms with Crippen molar-refractivity contribution in [1.82, 2.24) is 0 Å². The number of ketones is 1. The van der Waals surface area contributed by atoms with Crippen LogP contribution in [0.3, 0.4) is 0 Å². The van der Waals surface area contributed by atoms with Gasteiger partial charge < -0.3 is 9.84 Å². The first-order valence-electron chi connectivity index (χ1n) is 9.64. The summed E-state index contributed by atoms with van der Waals surface area (Å²) in [6.07, 6.45) is -0.922. The van der Waals surface area contributed by atoms with Gasteiger partial charge in [0.05, 0.1) is 0 Å². The van der Waals surface area contributed by atoms with Crippen LogP contribution in [0.15, 0.2) is 78.9 Å². The van der Waals surface area contributed by atoms with Gasteiger partial charge in [-0.2, -0.15) is 0 Å². The van der Waals surface area contributed by atoms with Gasteiger partial charge in [0.15, 0.2) is 11.9 Å². The van der Waals surface area contributed by atoms with Crippen LogP contribution in [0, 0.1) is 5.82 Å². The van der Waals surface area contributed by atoms with E-state index in [4.69, 9.17) is 4.74 Å². The monoisotopic (exact) mass is 405 g/mol. The molecule has 0 bridgehead atoms. The van der Waals surface area contributed by atoms with Gasteiger partial charge in [0.1, 0.15) is 17.6 Å². The molecule has 6 heteroatoms. The summed E-state index contributed by atoms with van der Waals surface area (Å²) in [5.74, 6) is -0.554. The Kier molecular flexibility index (Phi) is 5.48. The lowest BCUT2D eigenvalue weighted by Gasteiger charge is -2.24. The van der Waals surface area contributed by atoms with Gasteiger partial charge in [-0.05, 0) is 53.9 Å². The molecule has 4 rings (SSSR count). The number of phenols is 1. The zero-order valence-electron chi connectivity index (χ0n) is 16.1. The van der Waals surface area contributed by atoms with Crippen LogP contribution in [0.2, 0.25) is 0 Å². The Hall–Kier alpha value is -3.67. The van der Waals surface area contributed by atoms with E-state index in [0.29, 0.717) is 17.7 Å². The van der Waals surface area contributed by atoms with E-state index < -0.39 is 24.1 Å².